The lowest BCUT2D eigenvalue weighted by Gasteiger charge is -2.24. The molecular formula is C23H30FN7O2. The van der Waals surface area contributed by atoms with Crippen molar-refractivity contribution in [2.24, 2.45) is 5.73 Å². The zero-order valence-corrected chi connectivity index (χ0v) is 19.2. The van der Waals surface area contributed by atoms with Crippen LogP contribution in [0.1, 0.15) is 32.0 Å². The SMILES string of the molecule is C#C.C#C.COc1cc2nc(N)n3nc(CCC[C@H](C)N(C)C(=O)CCN)nc3c2cc1F. The Labute approximate surface area is 193 Å². The van der Waals surface area contributed by atoms with Crippen LogP contribution < -0.4 is 16.2 Å². The normalized spacial score (nSPS) is 11.1. The molecule has 0 saturated carbocycles. The minimum atomic E-state index is -0.503. The van der Waals surface area contributed by atoms with Crippen molar-refractivity contribution in [3.8, 4) is 31.4 Å². The van der Waals surface area contributed by atoms with Crippen LogP contribution in [-0.2, 0) is 11.2 Å². The van der Waals surface area contributed by atoms with E-state index in [9.17, 15) is 9.18 Å². The predicted octanol–water partition coefficient (Wildman–Crippen LogP) is 2.02. The molecule has 2 heterocycles. The van der Waals surface area contributed by atoms with Crippen LogP contribution in [0.4, 0.5) is 10.3 Å². The molecule has 0 aliphatic heterocycles. The molecule has 1 atom stereocenters. The average Bonchev–Trinajstić information content (AvgIpc) is 3.26. The van der Waals surface area contributed by atoms with Crippen molar-refractivity contribution in [2.45, 2.75) is 38.6 Å². The van der Waals surface area contributed by atoms with Crippen molar-refractivity contribution in [2.75, 3.05) is 26.4 Å². The Bertz CT molecular complexity index is 1120. The third-order valence-electron chi connectivity index (χ3n) is 5.05. The number of hydrogen-bond acceptors (Lipinski definition) is 7. The molecule has 1 aromatic carbocycles. The van der Waals surface area contributed by atoms with Gasteiger partial charge in [0.25, 0.3) is 0 Å². The van der Waals surface area contributed by atoms with Crippen molar-refractivity contribution < 1.29 is 13.9 Å². The fraction of sp³-hybridized carbons (Fsp3) is 0.391. The van der Waals surface area contributed by atoms with Gasteiger partial charge in [0.2, 0.25) is 11.9 Å². The largest absolute Gasteiger partial charge is 0.494 e. The maximum absolute atomic E-state index is 14.2. The zero-order valence-electron chi connectivity index (χ0n) is 19.2. The second-order valence-corrected chi connectivity index (χ2v) is 7.02. The van der Waals surface area contributed by atoms with Crippen LogP contribution in [0.15, 0.2) is 12.1 Å². The minimum absolute atomic E-state index is 0.0358. The van der Waals surface area contributed by atoms with E-state index in [-0.39, 0.29) is 23.6 Å². The standard InChI is InChI=1S/C19H26FN7O2.2C2H2/c1-11(26(2)17(28)7-8-21)5-4-6-16-24-18-12-9-13(20)15(29-3)10-14(12)23-19(22)27(18)25-16;2*1-2/h9-11H,4-8,21H2,1-3H3,(H2,22,23);2*1-2H/t11-;;/m0../s1. The maximum Gasteiger partial charge on any atom is 0.223 e. The second kappa shape index (κ2) is 12.8. The van der Waals surface area contributed by atoms with E-state index in [1.54, 1.807) is 11.9 Å². The molecule has 0 fully saturated rings. The van der Waals surface area contributed by atoms with Crippen LogP contribution in [0, 0.1) is 31.5 Å². The number of rotatable bonds is 8. The van der Waals surface area contributed by atoms with Crippen LogP contribution in [0.3, 0.4) is 0 Å². The zero-order chi connectivity index (χ0) is 25.1. The van der Waals surface area contributed by atoms with E-state index < -0.39 is 5.82 Å². The average molecular weight is 456 g/mol. The van der Waals surface area contributed by atoms with E-state index in [0.29, 0.717) is 41.8 Å². The number of nitrogens with zero attached hydrogens (tertiary/aromatic N) is 5. The molecular weight excluding hydrogens is 425 g/mol. The highest BCUT2D eigenvalue weighted by molar-refractivity contribution is 5.93. The molecule has 4 N–H and O–H groups in total. The first-order valence-electron chi connectivity index (χ1n) is 10.2. The van der Waals surface area contributed by atoms with Gasteiger partial charge in [-0.1, -0.05) is 0 Å². The number of benzene rings is 1. The Balaban J connectivity index is 0.00000129. The highest BCUT2D eigenvalue weighted by Gasteiger charge is 2.17. The summed E-state index contributed by atoms with van der Waals surface area (Å²) in [4.78, 5) is 22.5. The van der Waals surface area contributed by atoms with Crippen molar-refractivity contribution in [1.29, 1.82) is 0 Å². The molecule has 33 heavy (non-hydrogen) atoms. The smallest absolute Gasteiger partial charge is 0.223 e. The van der Waals surface area contributed by atoms with E-state index in [1.807, 2.05) is 6.92 Å². The van der Waals surface area contributed by atoms with Crippen molar-refractivity contribution in [3.63, 3.8) is 0 Å². The number of nitrogen functional groups attached to an aromatic ring is 1. The lowest BCUT2D eigenvalue weighted by Crippen LogP contribution is -2.36. The number of terminal acetylenes is 2. The molecule has 9 nitrogen and oxygen atoms in total. The number of fused-ring (bicyclic) bond motifs is 3. The van der Waals surface area contributed by atoms with Gasteiger partial charge >= 0.3 is 0 Å². The van der Waals surface area contributed by atoms with Gasteiger partial charge in [-0.3, -0.25) is 4.79 Å². The monoisotopic (exact) mass is 455 g/mol. The Hall–Kier alpha value is -3.89. The number of aromatic nitrogens is 4. The van der Waals surface area contributed by atoms with E-state index in [1.165, 1.54) is 23.8 Å². The van der Waals surface area contributed by atoms with Crippen LogP contribution in [0.5, 0.6) is 5.75 Å². The first-order chi connectivity index (χ1) is 15.8. The van der Waals surface area contributed by atoms with Crippen LogP contribution in [0.2, 0.25) is 0 Å². The summed E-state index contributed by atoms with van der Waals surface area (Å²) in [5, 5.41) is 4.92. The Morgan fingerprint density at radius 2 is 1.94 bits per heavy atom. The van der Waals surface area contributed by atoms with E-state index >= 15 is 0 Å². The molecule has 0 saturated heterocycles. The number of nitrogens with two attached hydrogens (primary N) is 2. The summed E-state index contributed by atoms with van der Waals surface area (Å²) in [6.07, 6.45) is 18.5. The number of amides is 1. The van der Waals surface area contributed by atoms with Gasteiger partial charge in [0.05, 0.1) is 12.6 Å². The Morgan fingerprint density at radius 1 is 1.27 bits per heavy atom. The number of methoxy groups -OCH3 is 1. The molecule has 0 unspecified atom stereocenters. The minimum Gasteiger partial charge on any atom is -0.494 e. The van der Waals surface area contributed by atoms with Gasteiger partial charge < -0.3 is 21.1 Å². The Morgan fingerprint density at radius 3 is 2.55 bits per heavy atom. The van der Waals surface area contributed by atoms with Crippen LogP contribution >= 0.6 is 0 Å². The van der Waals surface area contributed by atoms with Crippen LogP contribution in [-0.4, -0.2) is 57.1 Å². The molecule has 3 aromatic rings. The quantitative estimate of drug-likeness (QED) is 0.498. The highest BCUT2D eigenvalue weighted by atomic mass is 19.1. The summed E-state index contributed by atoms with van der Waals surface area (Å²) in [6.45, 7) is 2.34. The number of carbonyl (C=O) groups is 1. The molecule has 0 bridgehead atoms. The summed E-state index contributed by atoms with van der Waals surface area (Å²) < 4.78 is 20.6. The summed E-state index contributed by atoms with van der Waals surface area (Å²) in [5.41, 5.74) is 12.4. The lowest BCUT2D eigenvalue weighted by atomic mass is 10.1. The molecule has 10 heteroatoms. The lowest BCUT2D eigenvalue weighted by molar-refractivity contribution is -0.131. The van der Waals surface area contributed by atoms with Gasteiger partial charge in [-0.05, 0) is 25.8 Å². The van der Waals surface area contributed by atoms with Gasteiger partial charge in [-0.2, -0.15) is 4.52 Å². The number of hydrogen-bond donors (Lipinski definition) is 2. The number of aryl methyl sites for hydroxylation is 1. The molecule has 176 valence electrons. The summed E-state index contributed by atoms with van der Waals surface area (Å²) in [5.74, 6) is 0.382. The third-order valence-corrected chi connectivity index (χ3v) is 5.05. The number of halogens is 1. The second-order valence-electron chi connectivity index (χ2n) is 7.02. The van der Waals surface area contributed by atoms with E-state index in [4.69, 9.17) is 16.2 Å². The van der Waals surface area contributed by atoms with Gasteiger partial charge in [-0.25, -0.2) is 14.4 Å². The van der Waals surface area contributed by atoms with Crippen molar-refractivity contribution in [3.05, 3.63) is 23.8 Å². The van der Waals surface area contributed by atoms with Gasteiger partial charge in [-0.15, -0.1) is 30.8 Å². The molecule has 0 spiro atoms. The van der Waals surface area contributed by atoms with E-state index in [0.717, 1.165) is 12.8 Å². The van der Waals surface area contributed by atoms with Crippen molar-refractivity contribution >= 4 is 28.4 Å². The molecule has 1 amide bonds. The number of anilines is 1. The molecule has 0 aliphatic carbocycles. The summed E-state index contributed by atoms with van der Waals surface area (Å²) in [6, 6.07) is 2.90. The highest BCUT2D eigenvalue weighted by Crippen LogP contribution is 2.27. The topological polar surface area (TPSA) is 125 Å². The summed E-state index contributed by atoms with van der Waals surface area (Å²) in [7, 11) is 3.18. The molecule has 3 rings (SSSR count). The van der Waals surface area contributed by atoms with Gasteiger partial charge in [0.1, 0.15) is 0 Å². The Kier molecular flexibility index (Phi) is 10.6. The van der Waals surface area contributed by atoms with Gasteiger partial charge in [0.15, 0.2) is 23.0 Å². The van der Waals surface area contributed by atoms with Crippen LogP contribution in [0.25, 0.3) is 16.6 Å². The molecule has 2 aromatic heterocycles. The fourth-order valence-electron chi connectivity index (χ4n) is 3.23. The number of carbonyl (C=O) groups excluding carboxylic acids is 1. The third kappa shape index (κ3) is 6.31. The first kappa shape index (κ1) is 27.1. The maximum atomic E-state index is 14.2. The summed E-state index contributed by atoms with van der Waals surface area (Å²) >= 11 is 0. The fourth-order valence-corrected chi connectivity index (χ4v) is 3.23. The molecule has 0 radical (unpaired) electrons. The number of ether oxygens (including phenoxy) is 1. The van der Waals surface area contributed by atoms with Gasteiger partial charge in [0, 0.05) is 43.9 Å². The van der Waals surface area contributed by atoms with E-state index in [2.05, 4.69) is 40.8 Å². The first-order valence-corrected chi connectivity index (χ1v) is 10.2. The van der Waals surface area contributed by atoms with Crippen molar-refractivity contribution in [1.82, 2.24) is 24.5 Å². The molecule has 0 aliphatic rings. The predicted molar refractivity (Wildman–Crippen MR) is 128 cm³/mol.